The molecule has 0 rings (SSSR count). The van der Waals surface area contributed by atoms with Gasteiger partial charge in [-0.25, -0.2) is 3.11 Å². The van der Waals surface area contributed by atoms with Crippen molar-refractivity contribution < 1.29 is 9.90 Å². The first-order valence-electron chi connectivity index (χ1n) is 7.54. The number of nitrogens with zero attached hydrogens (tertiary/aromatic N) is 2. The van der Waals surface area contributed by atoms with Gasteiger partial charge in [0.15, 0.2) is 5.78 Å². The number of aliphatic hydroxyl groups is 1. The summed E-state index contributed by atoms with van der Waals surface area (Å²) in [6, 6.07) is 0.376. The first-order chi connectivity index (χ1) is 9.18. The second-order valence-corrected chi connectivity index (χ2v) is 7.23. The van der Waals surface area contributed by atoms with E-state index in [0.717, 1.165) is 25.8 Å². The van der Waals surface area contributed by atoms with Crippen molar-refractivity contribution in [1.82, 2.24) is 8.01 Å². The third-order valence-electron chi connectivity index (χ3n) is 3.67. The van der Waals surface area contributed by atoms with Crippen LogP contribution in [-0.4, -0.2) is 50.8 Å². The quantitative estimate of drug-likeness (QED) is 0.266. The largest absolute Gasteiger partial charge is 0.378 e. The fourth-order valence-electron chi connectivity index (χ4n) is 1.99. The third kappa shape index (κ3) is 7.33. The van der Waals surface area contributed by atoms with Crippen LogP contribution >= 0.6 is 22.9 Å². The van der Waals surface area contributed by atoms with Crippen molar-refractivity contribution in [3.8, 4) is 0 Å². The van der Waals surface area contributed by atoms with Gasteiger partial charge in [-0.3, -0.25) is 4.79 Å². The standard InChI is InChI=1S/C15H31IN2O2/c1-11(2)15(20)14(18(16)13(5)19)9-7-8-10-17(6)12(3)4/h11-14,19H,7-10H2,1-6H3/t13?,14-/m0/s1. The molecule has 0 fully saturated rings. The Balaban J connectivity index is 4.35. The number of halogens is 1. The van der Waals surface area contributed by atoms with Gasteiger partial charge in [0.25, 0.3) is 0 Å². The lowest BCUT2D eigenvalue weighted by atomic mass is 9.97. The van der Waals surface area contributed by atoms with Crippen molar-refractivity contribution in [2.24, 2.45) is 5.92 Å². The number of aliphatic hydroxyl groups excluding tert-OH is 1. The lowest BCUT2D eigenvalue weighted by Crippen LogP contribution is -2.41. The molecule has 1 unspecified atom stereocenters. The zero-order valence-electron chi connectivity index (χ0n) is 13.8. The van der Waals surface area contributed by atoms with Crippen LogP contribution in [0.4, 0.5) is 0 Å². The highest BCUT2D eigenvalue weighted by Crippen LogP contribution is 2.20. The number of Topliss-reactive ketones (excluding diaryl/α,β-unsaturated/α-hetero) is 1. The smallest absolute Gasteiger partial charge is 0.153 e. The Labute approximate surface area is 138 Å². The Morgan fingerprint density at radius 1 is 1.15 bits per heavy atom. The average Bonchev–Trinajstić information content (AvgIpc) is 2.36. The molecule has 0 amide bonds. The van der Waals surface area contributed by atoms with Crippen LogP contribution in [0.5, 0.6) is 0 Å². The van der Waals surface area contributed by atoms with Crippen LogP contribution in [-0.2, 0) is 4.79 Å². The average molecular weight is 398 g/mol. The predicted molar refractivity (Wildman–Crippen MR) is 92.8 cm³/mol. The fourth-order valence-corrected chi connectivity index (χ4v) is 2.54. The normalized spacial score (nSPS) is 15.4. The van der Waals surface area contributed by atoms with Crippen LogP contribution in [0.3, 0.4) is 0 Å². The maximum absolute atomic E-state index is 12.3. The van der Waals surface area contributed by atoms with Gasteiger partial charge in [0.2, 0.25) is 0 Å². The summed E-state index contributed by atoms with van der Waals surface area (Å²) in [7, 11) is 2.13. The maximum atomic E-state index is 12.3. The highest BCUT2D eigenvalue weighted by atomic mass is 127. The molecule has 120 valence electrons. The van der Waals surface area contributed by atoms with E-state index in [1.165, 1.54) is 0 Å². The van der Waals surface area contributed by atoms with Gasteiger partial charge in [0, 0.05) is 34.8 Å². The second kappa shape index (κ2) is 10.1. The summed E-state index contributed by atoms with van der Waals surface area (Å²) >= 11 is 2.07. The van der Waals surface area contributed by atoms with Gasteiger partial charge < -0.3 is 10.0 Å². The van der Waals surface area contributed by atoms with Crippen molar-refractivity contribution in [1.29, 1.82) is 0 Å². The van der Waals surface area contributed by atoms with Crippen molar-refractivity contribution in [2.75, 3.05) is 13.6 Å². The molecule has 4 nitrogen and oxygen atoms in total. The second-order valence-electron chi connectivity index (χ2n) is 6.12. The van der Waals surface area contributed by atoms with E-state index in [0.29, 0.717) is 6.04 Å². The van der Waals surface area contributed by atoms with Crippen LogP contribution in [0.15, 0.2) is 0 Å². The number of carbonyl (C=O) groups excluding carboxylic acids is 1. The van der Waals surface area contributed by atoms with E-state index in [-0.39, 0.29) is 17.7 Å². The van der Waals surface area contributed by atoms with E-state index in [4.69, 9.17) is 0 Å². The van der Waals surface area contributed by atoms with E-state index in [1.54, 1.807) is 10.0 Å². The Bertz CT molecular complexity index is 283. The molecule has 0 radical (unpaired) electrons. The monoisotopic (exact) mass is 398 g/mol. The van der Waals surface area contributed by atoms with Crippen molar-refractivity contribution in [3.05, 3.63) is 0 Å². The minimum atomic E-state index is -0.596. The highest BCUT2D eigenvalue weighted by Gasteiger charge is 2.28. The molecular weight excluding hydrogens is 367 g/mol. The predicted octanol–water partition coefficient (Wildman–Crippen LogP) is 3.08. The summed E-state index contributed by atoms with van der Waals surface area (Å²) in [6.07, 6.45) is 2.31. The molecule has 0 aliphatic heterocycles. The molecule has 2 atom stereocenters. The van der Waals surface area contributed by atoms with Crippen LogP contribution in [0.1, 0.15) is 53.9 Å². The van der Waals surface area contributed by atoms with E-state index >= 15 is 0 Å². The molecule has 0 aromatic carbocycles. The van der Waals surface area contributed by atoms with Gasteiger partial charge in [-0.15, -0.1) is 0 Å². The van der Waals surface area contributed by atoms with Gasteiger partial charge in [-0.2, -0.15) is 0 Å². The van der Waals surface area contributed by atoms with E-state index < -0.39 is 6.23 Å². The van der Waals surface area contributed by atoms with E-state index in [1.807, 2.05) is 13.8 Å². The summed E-state index contributed by atoms with van der Waals surface area (Å²) in [6.45, 7) is 11.0. The van der Waals surface area contributed by atoms with Crippen molar-refractivity contribution in [2.45, 2.75) is 72.2 Å². The van der Waals surface area contributed by atoms with Gasteiger partial charge in [-0.05, 0) is 47.2 Å². The first-order valence-corrected chi connectivity index (χ1v) is 8.51. The number of ketones is 1. The van der Waals surface area contributed by atoms with Crippen molar-refractivity contribution >= 4 is 28.6 Å². The number of unbranched alkanes of at least 4 members (excludes halogenated alkanes) is 1. The van der Waals surface area contributed by atoms with E-state index in [2.05, 4.69) is 48.7 Å². The maximum Gasteiger partial charge on any atom is 0.153 e. The SMILES string of the molecule is CC(C)C(=O)[C@H](CCCCN(C)C(C)C)N(I)C(C)O. The molecule has 5 heteroatoms. The zero-order valence-corrected chi connectivity index (χ0v) is 15.9. The van der Waals surface area contributed by atoms with Gasteiger partial charge in [-0.1, -0.05) is 20.3 Å². The summed E-state index contributed by atoms with van der Waals surface area (Å²) in [5, 5.41) is 9.70. The van der Waals surface area contributed by atoms with Crippen molar-refractivity contribution in [3.63, 3.8) is 0 Å². The minimum Gasteiger partial charge on any atom is -0.378 e. The number of carbonyl (C=O) groups is 1. The summed E-state index contributed by atoms with van der Waals surface area (Å²) < 4.78 is 1.76. The van der Waals surface area contributed by atoms with E-state index in [9.17, 15) is 9.90 Å². The number of rotatable bonds is 10. The molecule has 0 aromatic heterocycles. The summed E-state index contributed by atoms with van der Waals surface area (Å²) in [5.74, 6) is 0.229. The molecule has 0 spiro atoms. The fraction of sp³-hybridized carbons (Fsp3) is 0.933. The molecule has 0 saturated carbocycles. The number of hydrogen-bond acceptors (Lipinski definition) is 4. The molecule has 0 aromatic rings. The minimum absolute atomic E-state index is 0.00866. The van der Waals surface area contributed by atoms with Gasteiger partial charge in [0.05, 0.1) is 6.04 Å². The molecule has 1 N–H and O–H groups in total. The Morgan fingerprint density at radius 2 is 1.70 bits per heavy atom. The molecule has 0 aliphatic carbocycles. The molecule has 20 heavy (non-hydrogen) atoms. The van der Waals surface area contributed by atoms with Crippen LogP contribution in [0, 0.1) is 5.92 Å². The zero-order chi connectivity index (χ0) is 15.9. The summed E-state index contributed by atoms with van der Waals surface area (Å²) in [4.78, 5) is 14.6. The summed E-state index contributed by atoms with van der Waals surface area (Å²) in [5.41, 5.74) is 0. The first kappa shape index (κ1) is 20.3. The Hall–Kier alpha value is 0.280. The molecular formula is C15H31IN2O2. The molecule has 0 heterocycles. The van der Waals surface area contributed by atoms with Crippen LogP contribution < -0.4 is 0 Å². The van der Waals surface area contributed by atoms with Gasteiger partial charge >= 0.3 is 0 Å². The Kier molecular flexibility index (Phi) is 10.2. The number of hydrogen-bond donors (Lipinski definition) is 1. The molecule has 0 bridgehead atoms. The molecule has 0 saturated heterocycles. The Morgan fingerprint density at radius 3 is 2.10 bits per heavy atom. The highest BCUT2D eigenvalue weighted by molar-refractivity contribution is 14.1. The molecule has 0 aliphatic rings. The third-order valence-corrected chi connectivity index (χ3v) is 5.15. The van der Waals surface area contributed by atoms with Crippen LogP contribution in [0.2, 0.25) is 0 Å². The lowest BCUT2D eigenvalue weighted by Gasteiger charge is -2.29. The topological polar surface area (TPSA) is 43.8 Å². The van der Waals surface area contributed by atoms with Gasteiger partial charge in [0.1, 0.15) is 6.23 Å². The lowest BCUT2D eigenvalue weighted by molar-refractivity contribution is -0.127. The van der Waals surface area contributed by atoms with Crippen LogP contribution in [0.25, 0.3) is 0 Å².